The highest BCUT2D eigenvalue weighted by molar-refractivity contribution is 8.10. The van der Waals surface area contributed by atoms with Crippen molar-refractivity contribution < 1.29 is 42.2 Å². The molecule has 0 saturated carbocycles. The topological polar surface area (TPSA) is 176 Å². The summed E-state index contributed by atoms with van der Waals surface area (Å²) in [5.74, 6) is -2.77. The number of nitrogens with two attached hydrogens (primary N) is 1. The van der Waals surface area contributed by atoms with Gasteiger partial charge in [0, 0.05) is 12.1 Å². The monoisotopic (exact) mass is 647 g/mol. The molecule has 0 amide bonds. The number of nitrogen functional groups attached to an aromatic ring is 1. The molecule has 1 fully saturated rings. The fraction of sp³-hybridized carbons (Fsp3) is 0.739. The van der Waals surface area contributed by atoms with Crippen LogP contribution in [0.4, 0.5) is 14.6 Å². The van der Waals surface area contributed by atoms with Gasteiger partial charge in [0.15, 0.2) is 12.2 Å². The van der Waals surface area contributed by atoms with Gasteiger partial charge in [0.2, 0.25) is 0 Å². The number of aliphatic hydroxyl groups excluding tert-OH is 1. The maximum Gasteiger partial charge on any atom is 0.351 e. The molecule has 0 bridgehead atoms. The summed E-state index contributed by atoms with van der Waals surface area (Å²) < 4.78 is 51.9. The molecule has 0 aliphatic carbocycles. The second kappa shape index (κ2) is 14.1. The van der Waals surface area contributed by atoms with E-state index in [4.69, 9.17) is 47.9 Å². The number of halogens is 3. The summed E-state index contributed by atoms with van der Waals surface area (Å²) in [4.78, 5) is 41.0. The molecule has 0 spiro atoms. The van der Waals surface area contributed by atoms with Gasteiger partial charge >= 0.3 is 17.6 Å². The second-order valence-electron chi connectivity index (χ2n) is 10.2. The molecule has 18 heteroatoms. The van der Waals surface area contributed by atoms with Crippen molar-refractivity contribution in [3.05, 3.63) is 21.7 Å². The molecular weight excluding hydrogens is 611 g/mol. The molecule has 2 heterocycles. The van der Waals surface area contributed by atoms with Crippen molar-refractivity contribution in [2.24, 2.45) is 5.92 Å². The summed E-state index contributed by atoms with van der Waals surface area (Å²) in [6, 6.07) is -2.18. The fourth-order valence-electron chi connectivity index (χ4n) is 3.90. The number of nitrogens with one attached hydrogen (secondary N) is 2. The number of anilines is 1. The summed E-state index contributed by atoms with van der Waals surface area (Å²) in [5.41, 5.74) is 1.92. The lowest BCUT2D eigenvalue weighted by atomic mass is 9.91. The van der Waals surface area contributed by atoms with Gasteiger partial charge in [-0.2, -0.15) is 4.98 Å². The molecule has 13 nitrogen and oxygen atoms in total. The number of ether oxygens (including phenoxy) is 3. The van der Waals surface area contributed by atoms with E-state index < -0.39 is 85.4 Å². The zero-order valence-electron chi connectivity index (χ0n) is 23.7. The number of hydrogen-bond donors (Lipinski definition) is 4. The van der Waals surface area contributed by atoms with Crippen LogP contribution in [0.3, 0.4) is 0 Å². The van der Waals surface area contributed by atoms with E-state index in [9.17, 15) is 28.3 Å². The predicted molar refractivity (Wildman–Crippen MR) is 150 cm³/mol. The van der Waals surface area contributed by atoms with Crippen LogP contribution in [0.15, 0.2) is 11.0 Å². The molecular formula is C23H37ClF2N5O8PS. The van der Waals surface area contributed by atoms with Gasteiger partial charge in [-0.05, 0) is 53.3 Å². The Labute approximate surface area is 246 Å². The Kier molecular flexibility index (Phi) is 12.2. The third-order valence-corrected chi connectivity index (χ3v) is 9.16. The lowest BCUT2D eigenvalue weighted by Gasteiger charge is -2.35. The van der Waals surface area contributed by atoms with Gasteiger partial charge in [-0.15, -0.1) is 0 Å². The van der Waals surface area contributed by atoms with E-state index >= 15 is 0 Å². The van der Waals surface area contributed by atoms with Gasteiger partial charge < -0.3 is 29.6 Å². The highest BCUT2D eigenvalue weighted by atomic mass is 35.5. The Morgan fingerprint density at radius 1 is 1.20 bits per heavy atom. The first kappa shape index (κ1) is 35.4. The van der Waals surface area contributed by atoms with Crippen LogP contribution >= 0.6 is 18.2 Å². The van der Waals surface area contributed by atoms with Crippen LogP contribution in [0.2, 0.25) is 5.02 Å². The molecule has 41 heavy (non-hydrogen) atoms. The highest BCUT2D eigenvalue weighted by Gasteiger charge is 2.60. The number of carbonyl (C=O) groups is 2. The SMILES string of the molecule is CC(C)OC(=O)[C@H](C)NP(=S)(N[C@@H](C)C(=O)OC(C)C)OC[C@@]1(C(F)F)O[C@@H](n2cc(Cl)c(N)nc2=O)C(C)[C@@H]1O. The van der Waals surface area contributed by atoms with Crippen LogP contribution in [0.1, 0.15) is 54.7 Å². The molecule has 6 atom stereocenters. The van der Waals surface area contributed by atoms with Crippen LogP contribution in [-0.4, -0.2) is 75.6 Å². The van der Waals surface area contributed by atoms with Crippen LogP contribution in [-0.2, 0) is 40.1 Å². The Hall–Kier alpha value is -1.78. The normalized spacial score (nSPS) is 24.6. The molecule has 234 valence electrons. The summed E-state index contributed by atoms with van der Waals surface area (Å²) in [6.07, 6.45) is -6.49. The quantitative estimate of drug-likeness (QED) is 0.181. The van der Waals surface area contributed by atoms with Crippen LogP contribution in [0.5, 0.6) is 0 Å². The summed E-state index contributed by atoms with van der Waals surface area (Å²) in [7, 11) is 0. The molecule has 1 aromatic heterocycles. The zero-order chi connectivity index (χ0) is 31.4. The molecule has 1 aliphatic rings. The Morgan fingerprint density at radius 2 is 1.68 bits per heavy atom. The smallest absolute Gasteiger partial charge is 0.351 e. The Morgan fingerprint density at radius 3 is 2.12 bits per heavy atom. The molecule has 1 saturated heterocycles. The molecule has 1 aliphatic heterocycles. The van der Waals surface area contributed by atoms with Crippen molar-refractivity contribution >= 4 is 47.7 Å². The third-order valence-electron chi connectivity index (χ3n) is 5.98. The summed E-state index contributed by atoms with van der Waals surface area (Å²) in [5, 5.41) is 16.3. The molecule has 1 aromatic rings. The van der Waals surface area contributed by atoms with Gasteiger partial charge in [-0.25, -0.2) is 23.7 Å². The van der Waals surface area contributed by atoms with Crippen LogP contribution in [0.25, 0.3) is 0 Å². The first-order valence-corrected chi connectivity index (χ1v) is 15.8. The molecule has 1 unspecified atom stereocenters. The van der Waals surface area contributed by atoms with Gasteiger partial charge in [-0.3, -0.25) is 14.2 Å². The minimum atomic E-state index is -3.73. The van der Waals surface area contributed by atoms with E-state index in [1.807, 2.05) is 0 Å². The maximum atomic E-state index is 14.7. The standard InChI is InChI=1S/C23H37ClF2N5O8PS/c1-10(2)37-19(33)13(6)29-40(41,30-14(7)20(34)38-11(3)4)36-9-23(21(25)26)16(32)12(5)18(39-23)31-8-15(24)17(27)28-22(31)35/h8,10-14,16,18,21,32H,9H2,1-7H3,(H2,27,28,35)(H2,29,30,41)/t12?,13-,14-,16-,18+,23+/m0/s1. The minimum Gasteiger partial charge on any atom is -0.462 e. The Bertz CT molecular complexity index is 1180. The van der Waals surface area contributed by atoms with Gasteiger partial charge in [0.1, 0.15) is 24.1 Å². The van der Waals surface area contributed by atoms with Crippen molar-refractivity contribution in [3.8, 4) is 0 Å². The van der Waals surface area contributed by atoms with Crippen LogP contribution in [0, 0.1) is 5.92 Å². The predicted octanol–water partition coefficient (Wildman–Crippen LogP) is 2.11. The minimum absolute atomic E-state index is 0.130. The number of nitrogens with zero attached hydrogens (tertiary/aromatic N) is 2. The third kappa shape index (κ3) is 8.63. The average Bonchev–Trinajstić information content (AvgIpc) is 3.10. The number of aliphatic hydroxyl groups is 1. The fourth-order valence-corrected chi connectivity index (χ4v) is 7.00. The zero-order valence-corrected chi connectivity index (χ0v) is 26.1. The van der Waals surface area contributed by atoms with Crippen molar-refractivity contribution in [2.75, 3.05) is 12.3 Å². The van der Waals surface area contributed by atoms with Crippen molar-refractivity contribution in [1.29, 1.82) is 0 Å². The first-order valence-electron chi connectivity index (χ1n) is 12.7. The number of aromatic nitrogens is 2. The second-order valence-corrected chi connectivity index (χ2v) is 14.1. The average molecular weight is 648 g/mol. The van der Waals surface area contributed by atoms with E-state index in [0.29, 0.717) is 0 Å². The number of carbonyl (C=O) groups excluding carboxylic acids is 2. The van der Waals surface area contributed by atoms with Crippen molar-refractivity contribution in [2.45, 2.75) is 97.1 Å². The highest BCUT2D eigenvalue weighted by Crippen LogP contribution is 2.48. The van der Waals surface area contributed by atoms with E-state index in [2.05, 4.69) is 15.2 Å². The summed E-state index contributed by atoms with van der Waals surface area (Å²) in [6.45, 7) is 6.02. The molecule has 0 aromatic carbocycles. The lowest BCUT2D eigenvalue weighted by Crippen LogP contribution is -2.52. The van der Waals surface area contributed by atoms with E-state index in [1.54, 1.807) is 27.7 Å². The largest absolute Gasteiger partial charge is 0.462 e. The van der Waals surface area contributed by atoms with E-state index in [-0.39, 0.29) is 10.8 Å². The first-order chi connectivity index (χ1) is 18.8. The van der Waals surface area contributed by atoms with Crippen LogP contribution < -0.4 is 21.6 Å². The van der Waals surface area contributed by atoms with E-state index in [0.717, 1.165) is 10.8 Å². The summed E-state index contributed by atoms with van der Waals surface area (Å²) >= 11 is 11.6. The maximum absolute atomic E-state index is 14.7. The molecule has 2 rings (SSSR count). The lowest BCUT2D eigenvalue weighted by molar-refractivity contribution is -0.191. The molecule has 0 radical (unpaired) electrons. The van der Waals surface area contributed by atoms with Crippen molar-refractivity contribution in [1.82, 2.24) is 19.7 Å². The van der Waals surface area contributed by atoms with E-state index in [1.165, 1.54) is 20.8 Å². The van der Waals surface area contributed by atoms with Gasteiger partial charge in [0.05, 0.1) is 29.9 Å². The Balaban J connectivity index is 2.41. The number of hydrogen-bond acceptors (Lipinski definition) is 11. The number of rotatable bonds is 13. The number of alkyl halides is 2. The molecule has 5 N–H and O–H groups in total. The van der Waals surface area contributed by atoms with Gasteiger partial charge in [-0.1, -0.05) is 18.5 Å². The number of esters is 2. The van der Waals surface area contributed by atoms with Gasteiger partial charge in [0.25, 0.3) is 6.43 Å². The van der Waals surface area contributed by atoms with Crippen molar-refractivity contribution in [3.63, 3.8) is 0 Å².